The van der Waals surface area contributed by atoms with Gasteiger partial charge in [0.1, 0.15) is 16.5 Å². The van der Waals surface area contributed by atoms with Crippen molar-refractivity contribution >= 4 is 35.1 Å². The van der Waals surface area contributed by atoms with E-state index in [1.165, 1.54) is 44.7 Å². The minimum Gasteiger partial charge on any atom is -0.494 e. The molecule has 0 bridgehead atoms. The molecule has 28 heavy (non-hydrogen) atoms. The number of nitrogens with one attached hydrogen (secondary N) is 2. The summed E-state index contributed by atoms with van der Waals surface area (Å²) in [6, 6.07) is 5.45. The average molecular weight is 425 g/mol. The molecule has 2 N–H and O–H groups in total. The molecule has 2 rings (SSSR count). The molecular formula is C20H26Cl2N4O2. The van der Waals surface area contributed by atoms with Gasteiger partial charge in [0.15, 0.2) is 0 Å². The fourth-order valence-corrected chi connectivity index (χ4v) is 2.94. The molecule has 1 aromatic heterocycles. The number of hydrogen-bond acceptors (Lipinski definition) is 5. The van der Waals surface area contributed by atoms with Gasteiger partial charge in [-0.1, -0.05) is 68.7 Å². The lowest BCUT2D eigenvalue weighted by atomic mass is 10.1. The molecule has 0 radical (unpaired) electrons. The lowest BCUT2D eigenvalue weighted by Gasteiger charge is -2.08. The van der Waals surface area contributed by atoms with Gasteiger partial charge in [0.2, 0.25) is 0 Å². The summed E-state index contributed by atoms with van der Waals surface area (Å²) < 4.78 is 5.76. The van der Waals surface area contributed by atoms with Crippen LogP contribution in [0.3, 0.4) is 0 Å². The van der Waals surface area contributed by atoms with Crippen LogP contribution in [0, 0.1) is 0 Å². The quantitative estimate of drug-likeness (QED) is 0.262. The highest BCUT2D eigenvalue weighted by atomic mass is 35.5. The highest BCUT2D eigenvalue weighted by Crippen LogP contribution is 2.22. The van der Waals surface area contributed by atoms with Crippen molar-refractivity contribution in [3.05, 3.63) is 50.4 Å². The van der Waals surface area contributed by atoms with E-state index >= 15 is 0 Å². The topological polar surface area (TPSA) is 79.4 Å². The third kappa shape index (κ3) is 7.52. The molecule has 0 saturated carbocycles. The van der Waals surface area contributed by atoms with Crippen LogP contribution in [-0.4, -0.2) is 23.0 Å². The zero-order chi connectivity index (χ0) is 20.2. The Kier molecular flexibility index (Phi) is 9.86. The summed E-state index contributed by atoms with van der Waals surface area (Å²) in [6.07, 6.45) is 11.7. The third-order valence-corrected chi connectivity index (χ3v) is 4.88. The van der Waals surface area contributed by atoms with Crippen LogP contribution in [-0.2, 0) is 0 Å². The first-order valence-corrected chi connectivity index (χ1v) is 10.3. The zero-order valence-electron chi connectivity index (χ0n) is 16.0. The van der Waals surface area contributed by atoms with Crippen LogP contribution < -0.4 is 15.7 Å². The molecule has 0 amide bonds. The molecule has 0 fully saturated rings. The molecule has 1 heterocycles. The fraction of sp³-hybridized carbons (Fsp3) is 0.450. The van der Waals surface area contributed by atoms with Crippen LogP contribution in [0.2, 0.25) is 10.0 Å². The Balaban J connectivity index is 1.77. The number of benzene rings is 1. The maximum atomic E-state index is 11.4. The number of hydrazone groups is 1. The van der Waals surface area contributed by atoms with Crippen molar-refractivity contribution in [2.45, 2.75) is 51.9 Å². The second-order valence-corrected chi connectivity index (χ2v) is 7.24. The number of unbranched alkanes of at least 4 members (excludes halogenated alkanes) is 6. The van der Waals surface area contributed by atoms with Gasteiger partial charge in [-0.15, -0.1) is 0 Å². The number of anilines is 1. The van der Waals surface area contributed by atoms with E-state index in [4.69, 9.17) is 27.9 Å². The van der Waals surface area contributed by atoms with Gasteiger partial charge >= 0.3 is 0 Å². The van der Waals surface area contributed by atoms with E-state index in [0.29, 0.717) is 22.9 Å². The van der Waals surface area contributed by atoms with Crippen LogP contribution in [0.5, 0.6) is 5.75 Å². The molecule has 1 aromatic carbocycles. The summed E-state index contributed by atoms with van der Waals surface area (Å²) in [5.74, 6) is 0.739. The van der Waals surface area contributed by atoms with Crippen LogP contribution in [0.1, 0.15) is 57.4 Å². The predicted molar refractivity (Wildman–Crippen MR) is 116 cm³/mol. The van der Waals surface area contributed by atoms with Gasteiger partial charge in [0.25, 0.3) is 5.56 Å². The lowest BCUT2D eigenvalue weighted by Crippen LogP contribution is -2.10. The molecule has 0 aliphatic rings. The SMILES string of the molecule is CCCCCCCCCOc1ccc(/C=N\Nc2cn[nH]c(=O)c2Cl)c(Cl)c1. The van der Waals surface area contributed by atoms with Crippen molar-refractivity contribution in [3.63, 3.8) is 0 Å². The van der Waals surface area contributed by atoms with Gasteiger partial charge in [-0.25, -0.2) is 5.10 Å². The Morgan fingerprint density at radius 2 is 1.93 bits per heavy atom. The normalized spacial score (nSPS) is 11.1. The average Bonchev–Trinajstić information content (AvgIpc) is 2.69. The zero-order valence-corrected chi connectivity index (χ0v) is 17.5. The number of nitrogens with zero attached hydrogens (tertiary/aromatic N) is 2. The van der Waals surface area contributed by atoms with Gasteiger partial charge in [-0.3, -0.25) is 10.2 Å². The van der Waals surface area contributed by atoms with Crippen LogP contribution >= 0.6 is 23.2 Å². The van der Waals surface area contributed by atoms with Crippen molar-refractivity contribution in [2.75, 3.05) is 12.0 Å². The molecule has 0 atom stereocenters. The first-order valence-electron chi connectivity index (χ1n) is 9.56. The second-order valence-electron chi connectivity index (χ2n) is 6.45. The Morgan fingerprint density at radius 3 is 2.68 bits per heavy atom. The van der Waals surface area contributed by atoms with Crippen molar-refractivity contribution in [3.8, 4) is 5.75 Å². The van der Waals surface area contributed by atoms with Crippen LogP contribution in [0.4, 0.5) is 5.69 Å². The number of rotatable bonds is 12. The molecule has 152 valence electrons. The van der Waals surface area contributed by atoms with Gasteiger partial charge < -0.3 is 4.74 Å². The molecule has 0 spiro atoms. The molecule has 0 unspecified atom stereocenters. The van der Waals surface area contributed by atoms with Crippen LogP contribution in [0.25, 0.3) is 0 Å². The maximum Gasteiger partial charge on any atom is 0.285 e. The third-order valence-electron chi connectivity index (χ3n) is 4.17. The summed E-state index contributed by atoms with van der Waals surface area (Å²) in [7, 11) is 0. The number of aromatic amines is 1. The summed E-state index contributed by atoms with van der Waals surface area (Å²) >= 11 is 12.2. The molecule has 2 aromatic rings. The summed E-state index contributed by atoms with van der Waals surface area (Å²) in [5, 5.41) is 10.5. The number of halogens is 2. The maximum absolute atomic E-state index is 11.4. The van der Waals surface area contributed by atoms with Crippen molar-refractivity contribution in [1.29, 1.82) is 0 Å². The number of ether oxygens (including phenoxy) is 1. The van der Waals surface area contributed by atoms with E-state index < -0.39 is 5.56 Å². The first kappa shape index (κ1) is 22.2. The monoisotopic (exact) mass is 424 g/mol. The number of H-pyrrole nitrogens is 1. The molecule has 0 saturated heterocycles. The van der Waals surface area contributed by atoms with E-state index in [-0.39, 0.29) is 5.02 Å². The summed E-state index contributed by atoms with van der Waals surface area (Å²) in [6.45, 7) is 2.92. The first-order chi connectivity index (χ1) is 13.6. The second kappa shape index (κ2) is 12.4. The Morgan fingerprint density at radius 1 is 1.18 bits per heavy atom. The minimum absolute atomic E-state index is 0.00708. The highest BCUT2D eigenvalue weighted by Gasteiger charge is 2.04. The Hall–Kier alpha value is -2.05. The van der Waals surface area contributed by atoms with E-state index in [0.717, 1.165) is 12.2 Å². The van der Waals surface area contributed by atoms with E-state index in [1.54, 1.807) is 12.3 Å². The molecule has 0 aliphatic heterocycles. The Bertz CT molecular complexity index is 824. The van der Waals surface area contributed by atoms with Gasteiger partial charge in [-0.05, 0) is 24.6 Å². The Labute approximate surface area is 175 Å². The van der Waals surface area contributed by atoms with Gasteiger partial charge in [-0.2, -0.15) is 10.2 Å². The minimum atomic E-state index is -0.484. The molecule has 6 nitrogen and oxygen atoms in total. The van der Waals surface area contributed by atoms with Crippen LogP contribution in [0.15, 0.2) is 34.3 Å². The molecule has 8 heteroatoms. The van der Waals surface area contributed by atoms with Crippen molar-refractivity contribution < 1.29 is 4.74 Å². The van der Waals surface area contributed by atoms with Gasteiger partial charge in [0.05, 0.1) is 24.0 Å². The fourth-order valence-electron chi connectivity index (χ4n) is 2.58. The van der Waals surface area contributed by atoms with Crippen molar-refractivity contribution in [2.24, 2.45) is 5.10 Å². The standard InChI is InChI=1S/C20H26Cl2N4O2/c1-2-3-4-5-6-7-8-11-28-16-10-9-15(17(21)12-16)13-23-25-18-14-24-26-20(27)19(18)22/h9-10,12-14H,2-8,11H2,1H3,(H2,25,26,27)/b23-13-. The summed E-state index contributed by atoms with van der Waals surface area (Å²) in [5.41, 5.74) is 3.22. The largest absolute Gasteiger partial charge is 0.494 e. The predicted octanol–water partition coefficient (Wildman–Crippen LogP) is 5.65. The molecular weight excluding hydrogens is 399 g/mol. The van der Waals surface area contributed by atoms with E-state index in [9.17, 15) is 4.79 Å². The number of hydrogen-bond donors (Lipinski definition) is 2. The number of aromatic nitrogens is 2. The smallest absolute Gasteiger partial charge is 0.285 e. The highest BCUT2D eigenvalue weighted by molar-refractivity contribution is 6.33. The van der Waals surface area contributed by atoms with Gasteiger partial charge in [0, 0.05) is 5.56 Å². The lowest BCUT2D eigenvalue weighted by molar-refractivity contribution is 0.304. The van der Waals surface area contributed by atoms with E-state index in [2.05, 4.69) is 27.6 Å². The summed E-state index contributed by atoms with van der Waals surface area (Å²) in [4.78, 5) is 11.4. The molecule has 0 aliphatic carbocycles. The van der Waals surface area contributed by atoms with E-state index in [1.807, 2.05) is 12.1 Å². The van der Waals surface area contributed by atoms with Crippen molar-refractivity contribution in [1.82, 2.24) is 10.2 Å².